The van der Waals surface area contributed by atoms with Crippen molar-refractivity contribution in [1.82, 2.24) is 15.5 Å². The summed E-state index contributed by atoms with van der Waals surface area (Å²) in [7, 11) is 0. The Morgan fingerprint density at radius 1 is 1.20 bits per heavy atom. The lowest BCUT2D eigenvalue weighted by Gasteiger charge is -2.21. The van der Waals surface area contributed by atoms with Crippen LogP contribution in [0.1, 0.15) is 49.9 Å². The summed E-state index contributed by atoms with van der Waals surface area (Å²) in [6.45, 7) is 7.80. The number of carboxylic acids is 1. The second kappa shape index (κ2) is 7.46. The van der Waals surface area contributed by atoms with Crippen molar-refractivity contribution in [3.05, 3.63) is 35.7 Å². The molecule has 2 aromatic rings. The highest BCUT2D eigenvalue weighted by Crippen LogP contribution is 2.22. The van der Waals surface area contributed by atoms with Crippen molar-refractivity contribution in [2.75, 3.05) is 0 Å². The maximum atomic E-state index is 12.3. The van der Waals surface area contributed by atoms with E-state index in [4.69, 9.17) is 4.42 Å². The molecular weight excluding hydrogens is 322 g/mol. The molecule has 2 rings (SSSR count). The van der Waals surface area contributed by atoms with Gasteiger partial charge >= 0.3 is 5.97 Å². The second-order valence-corrected chi connectivity index (χ2v) is 7.17. The summed E-state index contributed by atoms with van der Waals surface area (Å²) in [4.78, 5) is 23.7. The molecule has 0 saturated heterocycles. The molecule has 1 atom stereocenters. The van der Waals surface area contributed by atoms with E-state index >= 15 is 0 Å². The fourth-order valence-electron chi connectivity index (χ4n) is 2.25. The highest BCUT2D eigenvalue weighted by atomic mass is 16.4. The molecule has 0 aliphatic heterocycles. The van der Waals surface area contributed by atoms with Crippen LogP contribution in [0.25, 0.3) is 11.5 Å². The molecule has 7 nitrogen and oxygen atoms in total. The summed E-state index contributed by atoms with van der Waals surface area (Å²) in [6, 6.07) is 5.67. The maximum Gasteiger partial charge on any atom is 0.326 e. The Hall–Kier alpha value is -2.70. The number of hydrogen-bond acceptors (Lipinski definition) is 5. The molecule has 1 aromatic heterocycles. The van der Waals surface area contributed by atoms with Crippen molar-refractivity contribution in [3.8, 4) is 11.5 Å². The fraction of sp³-hybridized carbons (Fsp3) is 0.444. The Bertz CT molecular complexity index is 744. The molecule has 134 valence electrons. The van der Waals surface area contributed by atoms with Gasteiger partial charge in [0.15, 0.2) is 0 Å². The molecule has 1 unspecified atom stereocenters. The number of benzene rings is 1. The van der Waals surface area contributed by atoms with Crippen LogP contribution in [0, 0.1) is 12.3 Å². The van der Waals surface area contributed by atoms with Crippen LogP contribution in [0.5, 0.6) is 0 Å². The Kier molecular flexibility index (Phi) is 5.56. The Morgan fingerprint density at radius 2 is 1.84 bits per heavy atom. The van der Waals surface area contributed by atoms with E-state index in [0.717, 1.165) is 0 Å². The number of carbonyl (C=O) groups excluding carboxylic acids is 1. The second-order valence-electron chi connectivity index (χ2n) is 7.17. The molecule has 1 amide bonds. The lowest BCUT2D eigenvalue weighted by molar-refractivity contribution is -0.139. The molecular formula is C18H23N3O4. The first-order valence-electron chi connectivity index (χ1n) is 8.10. The van der Waals surface area contributed by atoms with E-state index in [0.29, 0.717) is 35.7 Å². The van der Waals surface area contributed by atoms with Crippen LogP contribution in [0.2, 0.25) is 0 Å². The van der Waals surface area contributed by atoms with E-state index in [9.17, 15) is 14.7 Å². The van der Waals surface area contributed by atoms with Crippen molar-refractivity contribution in [2.24, 2.45) is 5.41 Å². The number of hydrogen-bond donors (Lipinski definition) is 2. The van der Waals surface area contributed by atoms with Crippen molar-refractivity contribution < 1.29 is 19.1 Å². The molecule has 1 heterocycles. The largest absolute Gasteiger partial charge is 0.480 e. The molecule has 0 bridgehead atoms. The third-order valence-corrected chi connectivity index (χ3v) is 3.71. The summed E-state index contributed by atoms with van der Waals surface area (Å²) >= 11 is 0. The topological polar surface area (TPSA) is 105 Å². The average Bonchev–Trinajstić information content (AvgIpc) is 2.96. The van der Waals surface area contributed by atoms with Gasteiger partial charge in [-0.25, -0.2) is 4.79 Å². The lowest BCUT2D eigenvalue weighted by Crippen LogP contribution is -2.41. The monoisotopic (exact) mass is 345 g/mol. The van der Waals surface area contributed by atoms with E-state index < -0.39 is 17.9 Å². The van der Waals surface area contributed by atoms with Gasteiger partial charge in [0.05, 0.1) is 0 Å². The van der Waals surface area contributed by atoms with E-state index in [-0.39, 0.29) is 5.41 Å². The minimum atomic E-state index is -1.03. The van der Waals surface area contributed by atoms with Gasteiger partial charge < -0.3 is 14.8 Å². The first-order valence-corrected chi connectivity index (χ1v) is 8.10. The molecule has 0 aliphatic rings. The zero-order valence-electron chi connectivity index (χ0n) is 14.9. The summed E-state index contributed by atoms with van der Waals surface area (Å²) in [5, 5.41) is 19.6. The third kappa shape index (κ3) is 5.41. The fourth-order valence-corrected chi connectivity index (χ4v) is 2.25. The smallest absolute Gasteiger partial charge is 0.326 e. The SMILES string of the molecule is Cc1nnc(-c2ccc(C(=O)NC(CCC(C)(C)C)C(=O)O)cc2)o1. The molecule has 0 spiro atoms. The van der Waals surface area contributed by atoms with Crippen LogP contribution >= 0.6 is 0 Å². The van der Waals surface area contributed by atoms with Crippen molar-refractivity contribution in [3.63, 3.8) is 0 Å². The van der Waals surface area contributed by atoms with Crippen LogP contribution in [-0.4, -0.2) is 33.2 Å². The lowest BCUT2D eigenvalue weighted by atomic mass is 9.88. The predicted octanol–water partition coefficient (Wildman–Crippen LogP) is 3.05. The molecule has 1 aromatic carbocycles. The molecule has 0 fully saturated rings. The summed E-state index contributed by atoms with van der Waals surface area (Å²) in [5.41, 5.74) is 1.07. The molecule has 0 aliphatic carbocycles. The first-order chi connectivity index (χ1) is 11.7. The summed E-state index contributed by atoms with van der Waals surface area (Å²) in [5.74, 6) is -0.622. The normalized spacial score (nSPS) is 12.6. The summed E-state index contributed by atoms with van der Waals surface area (Å²) in [6.07, 6.45) is 1.07. The minimum absolute atomic E-state index is 0.00227. The van der Waals surface area contributed by atoms with Crippen molar-refractivity contribution in [2.45, 2.75) is 46.6 Å². The number of aromatic nitrogens is 2. The highest BCUT2D eigenvalue weighted by Gasteiger charge is 2.23. The Balaban J connectivity index is 2.04. The third-order valence-electron chi connectivity index (χ3n) is 3.71. The quantitative estimate of drug-likeness (QED) is 0.833. The van der Waals surface area contributed by atoms with Gasteiger partial charge in [0.1, 0.15) is 6.04 Å². The Morgan fingerprint density at radius 3 is 2.32 bits per heavy atom. The number of nitrogens with one attached hydrogen (secondary N) is 1. The highest BCUT2D eigenvalue weighted by molar-refractivity contribution is 5.96. The van der Waals surface area contributed by atoms with E-state index in [1.165, 1.54) is 0 Å². The predicted molar refractivity (Wildman–Crippen MR) is 92.1 cm³/mol. The molecule has 2 N–H and O–H groups in total. The van der Waals surface area contributed by atoms with Gasteiger partial charge in [-0.2, -0.15) is 0 Å². The number of carboxylic acid groups (broad SMARTS) is 1. The molecule has 25 heavy (non-hydrogen) atoms. The zero-order chi connectivity index (χ0) is 18.6. The zero-order valence-corrected chi connectivity index (χ0v) is 14.9. The maximum absolute atomic E-state index is 12.3. The van der Waals surface area contributed by atoms with Gasteiger partial charge in [-0.05, 0) is 42.5 Å². The first kappa shape index (κ1) is 18.6. The van der Waals surface area contributed by atoms with E-state index in [1.54, 1.807) is 31.2 Å². The van der Waals surface area contributed by atoms with Crippen molar-refractivity contribution >= 4 is 11.9 Å². The number of aryl methyl sites for hydroxylation is 1. The van der Waals surface area contributed by atoms with Gasteiger partial charge in [0.2, 0.25) is 11.8 Å². The van der Waals surface area contributed by atoms with Crippen LogP contribution in [0.4, 0.5) is 0 Å². The molecule has 0 saturated carbocycles. The van der Waals surface area contributed by atoms with Crippen LogP contribution in [-0.2, 0) is 4.79 Å². The number of aliphatic carboxylic acids is 1. The number of carbonyl (C=O) groups is 2. The number of rotatable bonds is 6. The molecule has 0 radical (unpaired) electrons. The van der Waals surface area contributed by atoms with Crippen LogP contribution in [0.15, 0.2) is 28.7 Å². The van der Waals surface area contributed by atoms with E-state index in [2.05, 4.69) is 15.5 Å². The Labute approximate surface area is 146 Å². The number of amides is 1. The van der Waals surface area contributed by atoms with Gasteiger partial charge in [0.25, 0.3) is 5.91 Å². The average molecular weight is 345 g/mol. The van der Waals surface area contributed by atoms with E-state index in [1.807, 2.05) is 20.8 Å². The molecule has 7 heteroatoms. The van der Waals surface area contributed by atoms with Gasteiger partial charge in [-0.15, -0.1) is 10.2 Å². The standard InChI is InChI=1S/C18H23N3O4/c1-11-20-21-16(25-11)13-7-5-12(6-8-13)15(22)19-14(17(23)24)9-10-18(2,3)4/h5-8,14H,9-10H2,1-4H3,(H,19,22)(H,23,24). The van der Waals surface area contributed by atoms with Crippen LogP contribution in [0.3, 0.4) is 0 Å². The van der Waals surface area contributed by atoms with Gasteiger partial charge in [0, 0.05) is 18.1 Å². The van der Waals surface area contributed by atoms with Gasteiger partial charge in [-0.1, -0.05) is 20.8 Å². The van der Waals surface area contributed by atoms with Gasteiger partial charge in [-0.3, -0.25) is 4.79 Å². The summed E-state index contributed by atoms with van der Waals surface area (Å²) < 4.78 is 5.33. The number of nitrogens with zero attached hydrogens (tertiary/aromatic N) is 2. The van der Waals surface area contributed by atoms with Crippen LogP contribution < -0.4 is 5.32 Å². The minimum Gasteiger partial charge on any atom is -0.480 e. The van der Waals surface area contributed by atoms with Crippen molar-refractivity contribution in [1.29, 1.82) is 0 Å².